The van der Waals surface area contributed by atoms with Crippen LogP contribution in [0.15, 0.2) is 11.6 Å². The van der Waals surface area contributed by atoms with Crippen LogP contribution >= 0.6 is 0 Å². The van der Waals surface area contributed by atoms with E-state index in [4.69, 9.17) is 4.74 Å². The van der Waals surface area contributed by atoms with Crippen LogP contribution in [0.2, 0.25) is 0 Å². The lowest BCUT2D eigenvalue weighted by Crippen LogP contribution is -2.53. The van der Waals surface area contributed by atoms with Gasteiger partial charge in [-0.2, -0.15) is 0 Å². The first-order valence-electron chi connectivity index (χ1n) is 7.34. The Bertz CT molecular complexity index is 249. The predicted octanol–water partition coefficient (Wildman–Crippen LogP) is 2.39. The van der Waals surface area contributed by atoms with Gasteiger partial charge >= 0.3 is 0 Å². The Morgan fingerprint density at radius 2 is 2.06 bits per heavy atom. The van der Waals surface area contributed by atoms with Crippen molar-refractivity contribution in [3.63, 3.8) is 0 Å². The summed E-state index contributed by atoms with van der Waals surface area (Å²) in [6, 6.07) is 0.699. The molecule has 0 amide bonds. The Balaban J connectivity index is 2.36. The number of hydrogen-bond acceptors (Lipinski definition) is 3. The summed E-state index contributed by atoms with van der Waals surface area (Å²) in [5.74, 6) is 0. The van der Waals surface area contributed by atoms with Gasteiger partial charge in [-0.15, -0.1) is 0 Å². The second kappa shape index (κ2) is 8.68. The summed E-state index contributed by atoms with van der Waals surface area (Å²) >= 11 is 0. The fraction of sp³-hybridized carbons (Fsp3) is 0.867. The molecule has 3 nitrogen and oxygen atoms in total. The zero-order chi connectivity index (χ0) is 13.4. The predicted molar refractivity (Wildman–Crippen MR) is 78.0 cm³/mol. The van der Waals surface area contributed by atoms with E-state index < -0.39 is 0 Å². The molecule has 18 heavy (non-hydrogen) atoms. The maximum atomic E-state index is 5.47. The van der Waals surface area contributed by atoms with Crippen molar-refractivity contribution in [3.8, 4) is 0 Å². The minimum Gasteiger partial charge on any atom is -0.380 e. The quantitative estimate of drug-likeness (QED) is 0.512. The van der Waals surface area contributed by atoms with E-state index in [-0.39, 0.29) is 0 Å². The van der Waals surface area contributed by atoms with Gasteiger partial charge in [-0.25, -0.2) is 0 Å². The van der Waals surface area contributed by atoms with Gasteiger partial charge in [-0.05, 0) is 27.2 Å². The fourth-order valence-corrected chi connectivity index (χ4v) is 2.44. The molecule has 0 aromatic rings. The van der Waals surface area contributed by atoms with E-state index in [1.807, 2.05) is 0 Å². The summed E-state index contributed by atoms with van der Waals surface area (Å²) < 4.78 is 5.47. The van der Waals surface area contributed by atoms with Crippen LogP contribution in [0.4, 0.5) is 0 Å². The highest BCUT2D eigenvalue weighted by atomic mass is 16.5. The standard InChI is InChI=1S/C15H30N2O/c1-5-15-13-16(8-7-14(3)4)9-10-17(15)11-12-18-6-2/h7,15H,5-6,8-13H2,1-4H3/t15-/m0/s1. The third kappa shape index (κ3) is 5.51. The first-order valence-corrected chi connectivity index (χ1v) is 7.34. The maximum absolute atomic E-state index is 5.47. The third-order valence-electron chi connectivity index (χ3n) is 3.64. The van der Waals surface area contributed by atoms with Crippen molar-refractivity contribution in [2.45, 2.75) is 40.2 Å². The molecule has 1 rings (SSSR count). The summed E-state index contributed by atoms with van der Waals surface area (Å²) in [6.45, 7) is 16.2. The van der Waals surface area contributed by atoms with Crippen molar-refractivity contribution in [2.75, 3.05) is 45.9 Å². The zero-order valence-electron chi connectivity index (χ0n) is 12.6. The maximum Gasteiger partial charge on any atom is 0.0593 e. The molecule has 1 fully saturated rings. The van der Waals surface area contributed by atoms with Crippen molar-refractivity contribution in [1.82, 2.24) is 9.80 Å². The van der Waals surface area contributed by atoms with Crippen LogP contribution in [0.1, 0.15) is 34.1 Å². The smallest absolute Gasteiger partial charge is 0.0593 e. The Kier molecular flexibility index (Phi) is 7.56. The van der Waals surface area contributed by atoms with E-state index in [0.717, 1.165) is 26.3 Å². The second-order valence-corrected chi connectivity index (χ2v) is 5.34. The van der Waals surface area contributed by atoms with Gasteiger partial charge in [0.25, 0.3) is 0 Å². The van der Waals surface area contributed by atoms with Crippen LogP contribution in [0.5, 0.6) is 0 Å². The molecule has 0 aromatic heterocycles. The van der Waals surface area contributed by atoms with Crippen LogP contribution in [0, 0.1) is 0 Å². The molecule has 106 valence electrons. The van der Waals surface area contributed by atoms with Crippen molar-refractivity contribution >= 4 is 0 Å². The Labute approximate surface area is 113 Å². The van der Waals surface area contributed by atoms with Gasteiger partial charge in [-0.3, -0.25) is 9.80 Å². The molecule has 1 saturated heterocycles. The molecule has 1 atom stereocenters. The highest BCUT2D eigenvalue weighted by molar-refractivity contribution is 4.96. The topological polar surface area (TPSA) is 15.7 Å². The number of hydrogen-bond donors (Lipinski definition) is 0. The highest BCUT2D eigenvalue weighted by Crippen LogP contribution is 2.12. The van der Waals surface area contributed by atoms with Crippen molar-refractivity contribution in [2.24, 2.45) is 0 Å². The molecule has 0 radical (unpaired) electrons. The van der Waals surface area contributed by atoms with Crippen molar-refractivity contribution in [1.29, 1.82) is 0 Å². The molecule has 0 spiro atoms. The Morgan fingerprint density at radius 3 is 2.67 bits per heavy atom. The average molecular weight is 254 g/mol. The lowest BCUT2D eigenvalue weighted by atomic mass is 10.1. The molecule has 1 heterocycles. The van der Waals surface area contributed by atoms with Gasteiger partial charge in [0.05, 0.1) is 6.61 Å². The molecule has 0 unspecified atom stereocenters. The number of piperazine rings is 1. The highest BCUT2D eigenvalue weighted by Gasteiger charge is 2.24. The number of nitrogens with zero attached hydrogens (tertiary/aromatic N) is 2. The summed E-state index contributed by atoms with van der Waals surface area (Å²) in [5, 5.41) is 0. The Hall–Kier alpha value is -0.380. The van der Waals surface area contributed by atoms with Crippen LogP contribution in [-0.2, 0) is 4.74 Å². The van der Waals surface area contributed by atoms with Crippen molar-refractivity contribution in [3.05, 3.63) is 11.6 Å². The van der Waals surface area contributed by atoms with Crippen LogP contribution < -0.4 is 0 Å². The minimum atomic E-state index is 0.699. The van der Waals surface area contributed by atoms with Gasteiger partial charge in [0, 0.05) is 45.4 Å². The lowest BCUT2D eigenvalue weighted by molar-refractivity contribution is 0.0453. The zero-order valence-corrected chi connectivity index (χ0v) is 12.6. The Morgan fingerprint density at radius 1 is 1.28 bits per heavy atom. The molecule has 1 aliphatic rings. The summed E-state index contributed by atoms with van der Waals surface area (Å²) in [6.07, 6.45) is 3.57. The van der Waals surface area contributed by atoms with Gasteiger partial charge in [0.1, 0.15) is 0 Å². The van der Waals surface area contributed by atoms with Gasteiger partial charge < -0.3 is 4.74 Å². The third-order valence-corrected chi connectivity index (χ3v) is 3.64. The number of allylic oxidation sites excluding steroid dienone is 1. The molecule has 0 bridgehead atoms. The van der Waals surface area contributed by atoms with Gasteiger partial charge in [0.2, 0.25) is 0 Å². The van der Waals surface area contributed by atoms with Crippen LogP contribution in [-0.4, -0.2) is 61.8 Å². The first kappa shape index (κ1) is 15.7. The fourth-order valence-electron chi connectivity index (χ4n) is 2.44. The van der Waals surface area contributed by atoms with E-state index >= 15 is 0 Å². The molecule has 0 saturated carbocycles. The van der Waals surface area contributed by atoms with E-state index in [0.29, 0.717) is 6.04 Å². The summed E-state index contributed by atoms with van der Waals surface area (Å²) in [4.78, 5) is 5.16. The van der Waals surface area contributed by atoms with Crippen LogP contribution in [0.3, 0.4) is 0 Å². The van der Waals surface area contributed by atoms with E-state index in [1.165, 1.54) is 31.6 Å². The molecule has 0 N–H and O–H groups in total. The van der Waals surface area contributed by atoms with E-state index in [9.17, 15) is 0 Å². The minimum absolute atomic E-state index is 0.699. The molecule has 3 heteroatoms. The lowest BCUT2D eigenvalue weighted by Gasteiger charge is -2.40. The van der Waals surface area contributed by atoms with Gasteiger partial charge in [-0.1, -0.05) is 18.6 Å². The van der Waals surface area contributed by atoms with Crippen molar-refractivity contribution < 1.29 is 4.74 Å². The van der Waals surface area contributed by atoms with Crippen LogP contribution in [0.25, 0.3) is 0 Å². The largest absolute Gasteiger partial charge is 0.380 e. The van der Waals surface area contributed by atoms with E-state index in [2.05, 4.69) is 43.6 Å². The molecule has 1 aliphatic heterocycles. The monoisotopic (exact) mass is 254 g/mol. The SMILES string of the molecule is CCOCCN1CCN(CC=C(C)C)C[C@@H]1CC. The second-order valence-electron chi connectivity index (χ2n) is 5.34. The first-order chi connectivity index (χ1) is 8.67. The molecule has 0 aromatic carbocycles. The average Bonchev–Trinajstić information content (AvgIpc) is 2.37. The normalized spacial score (nSPS) is 22.1. The van der Waals surface area contributed by atoms with E-state index in [1.54, 1.807) is 0 Å². The van der Waals surface area contributed by atoms with Gasteiger partial charge in [0.15, 0.2) is 0 Å². The number of ether oxygens (including phenoxy) is 1. The summed E-state index contributed by atoms with van der Waals surface area (Å²) in [7, 11) is 0. The molecular formula is C15H30N2O. The number of rotatable bonds is 7. The molecule has 0 aliphatic carbocycles. The molecular weight excluding hydrogens is 224 g/mol. The summed E-state index contributed by atoms with van der Waals surface area (Å²) in [5.41, 5.74) is 1.42.